The number of ether oxygens (including phenoxy) is 1. The molecule has 0 spiro atoms. The molecule has 0 aliphatic carbocycles. The summed E-state index contributed by atoms with van der Waals surface area (Å²) in [5.41, 5.74) is 5.51. The minimum atomic E-state index is -0.991. The monoisotopic (exact) mass is 417 g/mol. The standard InChI is InChI=1S/C22H28NO5P/c1-5-28-21(25)12-23-22(26)19-11-16(6-7-20(19)24)10-18-14(2)8-17(9-15(18)3)13-29(4)27/h6-9,11,24,27H,5,10,12-13H2,1-4H3,(H,23,26). The van der Waals surface area contributed by atoms with Crippen LogP contribution in [0.3, 0.4) is 0 Å². The highest BCUT2D eigenvalue weighted by molar-refractivity contribution is 7.49. The summed E-state index contributed by atoms with van der Waals surface area (Å²) < 4.78 is 4.79. The van der Waals surface area contributed by atoms with E-state index in [1.54, 1.807) is 19.1 Å². The number of carbonyl (C=O) groups is 2. The van der Waals surface area contributed by atoms with Crippen LogP contribution in [-0.2, 0) is 22.1 Å². The number of nitrogens with one attached hydrogen (secondary N) is 1. The van der Waals surface area contributed by atoms with Crippen LogP contribution in [-0.4, -0.2) is 41.7 Å². The second kappa shape index (κ2) is 10.4. The van der Waals surface area contributed by atoms with Crippen molar-refractivity contribution in [2.24, 2.45) is 0 Å². The zero-order chi connectivity index (χ0) is 21.6. The molecule has 0 radical (unpaired) electrons. The molecule has 0 heterocycles. The minimum Gasteiger partial charge on any atom is -0.507 e. The first kappa shape index (κ1) is 22.9. The third-order valence-corrected chi connectivity index (χ3v) is 5.38. The van der Waals surface area contributed by atoms with Gasteiger partial charge in [0.1, 0.15) is 12.3 Å². The van der Waals surface area contributed by atoms with Crippen LogP contribution in [0.4, 0.5) is 0 Å². The molecule has 1 atom stereocenters. The number of aromatic hydroxyl groups is 1. The summed E-state index contributed by atoms with van der Waals surface area (Å²) in [6.45, 7) is 7.59. The van der Waals surface area contributed by atoms with E-state index in [1.807, 2.05) is 20.5 Å². The highest BCUT2D eigenvalue weighted by Crippen LogP contribution is 2.32. The predicted octanol–water partition coefficient (Wildman–Crippen LogP) is 3.41. The molecular weight excluding hydrogens is 389 g/mol. The molecule has 0 saturated carbocycles. The minimum absolute atomic E-state index is 0.121. The van der Waals surface area contributed by atoms with E-state index in [2.05, 4.69) is 17.4 Å². The molecule has 1 unspecified atom stereocenters. The van der Waals surface area contributed by atoms with Crippen LogP contribution in [0.2, 0.25) is 0 Å². The van der Waals surface area contributed by atoms with Gasteiger partial charge in [-0.2, -0.15) is 0 Å². The summed E-state index contributed by atoms with van der Waals surface area (Å²) in [6, 6.07) is 9.09. The summed E-state index contributed by atoms with van der Waals surface area (Å²) in [5, 5.41) is 12.5. The third kappa shape index (κ3) is 6.55. The molecule has 2 aromatic carbocycles. The first-order valence-electron chi connectivity index (χ1n) is 9.46. The predicted molar refractivity (Wildman–Crippen MR) is 115 cm³/mol. The van der Waals surface area contributed by atoms with Crippen molar-refractivity contribution in [2.45, 2.75) is 33.4 Å². The maximum absolute atomic E-state index is 12.4. The molecule has 7 heteroatoms. The molecule has 0 fully saturated rings. The van der Waals surface area contributed by atoms with Crippen molar-refractivity contribution in [3.05, 3.63) is 63.7 Å². The molecular formula is C22H28NO5P. The molecule has 3 N–H and O–H groups in total. The highest BCUT2D eigenvalue weighted by atomic mass is 31.1. The van der Waals surface area contributed by atoms with Gasteiger partial charge in [0.05, 0.1) is 12.2 Å². The number of esters is 1. The molecule has 0 aliphatic heterocycles. The van der Waals surface area contributed by atoms with Crippen molar-refractivity contribution >= 4 is 20.0 Å². The van der Waals surface area contributed by atoms with Crippen LogP contribution in [0.25, 0.3) is 0 Å². The van der Waals surface area contributed by atoms with E-state index in [4.69, 9.17) is 4.74 Å². The highest BCUT2D eigenvalue weighted by Gasteiger charge is 2.15. The molecule has 6 nitrogen and oxygen atoms in total. The number of hydrogen-bond donors (Lipinski definition) is 3. The SMILES string of the molecule is CCOC(=O)CNC(=O)c1cc(Cc2c(C)cc(CP(C)O)cc2C)ccc1O. The van der Waals surface area contributed by atoms with E-state index in [0.29, 0.717) is 12.6 Å². The van der Waals surface area contributed by atoms with E-state index in [1.165, 1.54) is 6.07 Å². The molecule has 0 aliphatic rings. The Kier molecular flexibility index (Phi) is 8.18. The second-order valence-corrected chi connectivity index (χ2v) is 8.67. The molecule has 156 valence electrons. The van der Waals surface area contributed by atoms with Crippen molar-refractivity contribution in [3.63, 3.8) is 0 Å². The van der Waals surface area contributed by atoms with Gasteiger partial charge in [0, 0.05) is 14.3 Å². The summed E-state index contributed by atoms with van der Waals surface area (Å²) in [7, 11) is -0.991. The number of carbonyl (C=O) groups excluding carboxylic acids is 2. The van der Waals surface area contributed by atoms with Crippen molar-refractivity contribution in [2.75, 3.05) is 19.8 Å². The number of aryl methyl sites for hydroxylation is 2. The zero-order valence-electron chi connectivity index (χ0n) is 17.3. The van der Waals surface area contributed by atoms with E-state index >= 15 is 0 Å². The van der Waals surface area contributed by atoms with Crippen molar-refractivity contribution in [1.82, 2.24) is 5.32 Å². The van der Waals surface area contributed by atoms with Gasteiger partial charge in [-0.05, 0) is 73.8 Å². The van der Waals surface area contributed by atoms with Gasteiger partial charge in [-0.3, -0.25) is 9.59 Å². The number of phenolic OH excluding ortho intramolecular Hbond substituents is 1. The largest absolute Gasteiger partial charge is 0.507 e. The Morgan fingerprint density at radius 3 is 2.34 bits per heavy atom. The fraction of sp³-hybridized carbons (Fsp3) is 0.364. The summed E-state index contributed by atoms with van der Waals surface area (Å²) in [5.74, 6) is -1.19. The van der Waals surface area contributed by atoms with Gasteiger partial charge < -0.3 is 20.1 Å². The maximum Gasteiger partial charge on any atom is 0.325 e. The number of hydrogen-bond acceptors (Lipinski definition) is 5. The summed E-state index contributed by atoms with van der Waals surface area (Å²) in [6.07, 6.45) is 1.28. The van der Waals surface area contributed by atoms with E-state index in [0.717, 1.165) is 27.8 Å². The van der Waals surface area contributed by atoms with Gasteiger partial charge in [-0.1, -0.05) is 18.2 Å². The Balaban J connectivity index is 2.19. The van der Waals surface area contributed by atoms with Gasteiger partial charge in [0.2, 0.25) is 0 Å². The van der Waals surface area contributed by atoms with Gasteiger partial charge in [-0.15, -0.1) is 0 Å². The Labute approximate surface area is 172 Å². The lowest BCUT2D eigenvalue weighted by Crippen LogP contribution is -2.30. The molecule has 2 aromatic rings. The van der Waals surface area contributed by atoms with Crippen LogP contribution in [0.1, 0.15) is 45.1 Å². The van der Waals surface area contributed by atoms with Crippen molar-refractivity contribution in [1.29, 1.82) is 0 Å². The maximum atomic E-state index is 12.4. The first-order valence-corrected chi connectivity index (χ1v) is 11.4. The Bertz CT molecular complexity index is 872. The molecule has 0 bridgehead atoms. The van der Waals surface area contributed by atoms with Crippen molar-refractivity contribution < 1.29 is 24.3 Å². The van der Waals surface area contributed by atoms with E-state index in [9.17, 15) is 19.6 Å². The lowest BCUT2D eigenvalue weighted by atomic mass is 9.93. The van der Waals surface area contributed by atoms with E-state index in [-0.39, 0.29) is 24.5 Å². The van der Waals surface area contributed by atoms with Crippen LogP contribution < -0.4 is 5.32 Å². The van der Waals surface area contributed by atoms with Gasteiger partial charge in [-0.25, -0.2) is 0 Å². The molecule has 2 rings (SSSR count). The first-order chi connectivity index (χ1) is 13.7. The number of phenols is 1. The Hall–Kier alpha value is -2.43. The number of benzene rings is 2. The Morgan fingerprint density at radius 1 is 1.10 bits per heavy atom. The lowest BCUT2D eigenvalue weighted by molar-refractivity contribution is -0.141. The second-order valence-electron chi connectivity index (χ2n) is 7.04. The van der Waals surface area contributed by atoms with Crippen LogP contribution in [0, 0.1) is 13.8 Å². The number of rotatable bonds is 8. The molecule has 0 saturated heterocycles. The fourth-order valence-corrected chi connectivity index (χ4v) is 3.97. The summed E-state index contributed by atoms with van der Waals surface area (Å²) >= 11 is 0. The number of amides is 1. The van der Waals surface area contributed by atoms with Crippen molar-refractivity contribution in [3.8, 4) is 5.75 Å². The van der Waals surface area contributed by atoms with Crippen LogP contribution in [0.5, 0.6) is 5.75 Å². The fourth-order valence-electron chi connectivity index (χ4n) is 3.26. The van der Waals surface area contributed by atoms with Gasteiger partial charge in [0.15, 0.2) is 0 Å². The Morgan fingerprint density at radius 2 is 1.76 bits per heavy atom. The molecule has 29 heavy (non-hydrogen) atoms. The average Bonchev–Trinajstić information content (AvgIpc) is 2.63. The molecule has 1 amide bonds. The van der Waals surface area contributed by atoms with Crippen LogP contribution in [0.15, 0.2) is 30.3 Å². The van der Waals surface area contributed by atoms with Gasteiger partial charge in [0.25, 0.3) is 5.91 Å². The molecule has 0 aromatic heterocycles. The lowest BCUT2D eigenvalue weighted by Gasteiger charge is -2.15. The summed E-state index contributed by atoms with van der Waals surface area (Å²) in [4.78, 5) is 33.5. The van der Waals surface area contributed by atoms with Gasteiger partial charge >= 0.3 is 5.97 Å². The topological polar surface area (TPSA) is 95.9 Å². The van der Waals surface area contributed by atoms with Crippen LogP contribution >= 0.6 is 8.15 Å². The normalized spacial score (nSPS) is 11.8. The quantitative estimate of drug-likeness (QED) is 0.452. The average molecular weight is 417 g/mol. The zero-order valence-corrected chi connectivity index (χ0v) is 18.2. The smallest absolute Gasteiger partial charge is 0.325 e. The third-order valence-electron chi connectivity index (χ3n) is 4.55. The van der Waals surface area contributed by atoms with E-state index < -0.39 is 20.0 Å².